The van der Waals surface area contributed by atoms with Gasteiger partial charge in [-0.25, -0.2) is 9.98 Å². The van der Waals surface area contributed by atoms with Gasteiger partial charge in [0.1, 0.15) is 6.54 Å². The molecular formula is C22H25N7O2. The monoisotopic (exact) mass is 419 g/mol. The van der Waals surface area contributed by atoms with Gasteiger partial charge in [0.25, 0.3) is 5.91 Å². The molecule has 0 N–H and O–H groups in total. The summed E-state index contributed by atoms with van der Waals surface area (Å²) in [7, 11) is 3.44. The second-order valence-electron chi connectivity index (χ2n) is 8.49. The van der Waals surface area contributed by atoms with Crippen LogP contribution in [0.5, 0.6) is 0 Å². The molecule has 0 bridgehead atoms. The highest BCUT2D eigenvalue weighted by molar-refractivity contribution is 5.96. The Bertz CT molecular complexity index is 1140. The summed E-state index contributed by atoms with van der Waals surface area (Å²) in [5, 5.41) is 4.21. The molecule has 1 aliphatic carbocycles. The molecule has 2 aliphatic rings. The molecule has 3 heterocycles. The summed E-state index contributed by atoms with van der Waals surface area (Å²) in [5.41, 5.74) is 2.94. The highest BCUT2D eigenvalue weighted by atomic mass is 16.5. The van der Waals surface area contributed by atoms with Gasteiger partial charge in [0.05, 0.1) is 6.33 Å². The van der Waals surface area contributed by atoms with Crippen LogP contribution < -0.4 is 4.90 Å². The van der Waals surface area contributed by atoms with Crippen molar-refractivity contribution in [2.75, 3.05) is 25.0 Å². The zero-order chi connectivity index (χ0) is 21.7. The molecule has 2 aromatic heterocycles. The van der Waals surface area contributed by atoms with Gasteiger partial charge < -0.3 is 18.9 Å². The Labute approximate surface area is 180 Å². The molecule has 0 unspecified atom stereocenters. The molecule has 9 nitrogen and oxygen atoms in total. The van der Waals surface area contributed by atoms with Gasteiger partial charge in [-0.15, -0.1) is 0 Å². The SMILES string of the molecule is C=Nc1ncn(C)c1C(=O)N(C)Cc1nc([C@H]2[C@@H]3CN(c4cccc(C)c4)C[C@@H]32)no1. The number of anilines is 1. The molecule has 1 saturated carbocycles. The van der Waals surface area contributed by atoms with Crippen molar-refractivity contribution in [2.45, 2.75) is 19.4 Å². The van der Waals surface area contributed by atoms with Gasteiger partial charge in [-0.2, -0.15) is 4.98 Å². The number of aromatic nitrogens is 4. The molecule has 2 fully saturated rings. The molecule has 1 saturated heterocycles. The molecule has 160 valence electrons. The lowest BCUT2D eigenvalue weighted by molar-refractivity contribution is 0.0761. The number of hydrogen-bond donors (Lipinski definition) is 0. The van der Waals surface area contributed by atoms with E-state index < -0.39 is 0 Å². The fourth-order valence-electron chi connectivity index (χ4n) is 4.65. The lowest BCUT2D eigenvalue weighted by atomic mass is 10.2. The van der Waals surface area contributed by atoms with Crippen LogP contribution in [-0.4, -0.2) is 57.4 Å². The maximum Gasteiger partial charge on any atom is 0.274 e. The lowest BCUT2D eigenvalue weighted by Gasteiger charge is -2.21. The van der Waals surface area contributed by atoms with E-state index in [4.69, 9.17) is 4.52 Å². The summed E-state index contributed by atoms with van der Waals surface area (Å²) in [6.07, 6.45) is 1.54. The van der Waals surface area contributed by atoms with E-state index in [1.165, 1.54) is 16.2 Å². The fraction of sp³-hybridized carbons (Fsp3) is 0.409. The molecule has 9 heteroatoms. The number of carbonyl (C=O) groups is 1. The van der Waals surface area contributed by atoms with Gasteiger partial charge >= 0.3 is 0 Å². The van der Waals surface area contributed by atoms with Gasteiger partial charge in [-0.3, -0.25) is 4.79 Å². The summed E-state index contributed by atoms with van der Waals surface area (Å²) in [5.74, 6) is 2.73. The number of nitrogens with zero attached hydrogens (tertiary/aromatic N) is 7. The Kier molecular flexibility index (Phi) is 4.60. The molecular weight excluding hydrogens is 394 g/mol. The van der Waals surface area contributed by atoms with Crippen molar-refractivity contribution in [1.82, 2.24) is 24.6 Å². The number of hydrogen-bond acceptors (Lipinski definition) is 7. The standard InChI is InChI=1S/C22H25N7O2/c1-13-6-5-7-14(8-13)29-9-15-16(10-29)18(15)20-25-17(31-26-20)11-27(3)22(30)19-21(23-2)24-12-28(19)4/h5-8,12,15-16,18H,2,9-11H2,1,3-4H3/t15-,16+,18+. The zero-order valence-electron chi connectivity index (χ0n) is 17.9. The second-order valence-corrected chi connectivity index (χ2v) is 8.49. The van der Waals surface area contributed by atoms with Crippen LogP contribution in [0.4, 0.5) is 11.5 Å². The maximum atomic E-state index is 12.8. The molecule has 0 spiro atoms. The number of amides is 1. The van der Waals surface area contributed by atoms with E-state index in [9.17, 15) is 4.79 Å². The molecule has 31 heavy (non-hydrogen) atoms. The van der Waals surface area contributed by atoms with Crippen LogP contribution in [0.2, 0.25) is 0 Å². The van der Waals surface area contributed by atoms with Crippen molar-refractivity contribution in [2.24, 2.45) is 23.9 Å². The first-order valence-corrected chi connectivity index (χ1v) is 10.3. The summed E-state index contributed by atoms with van der Waals surface area (Å²) in [6, 6.07) is 8.62. The van der Waals surface area contributed by atoms with Crippen LogP contribution in [-0.2, 0) is 13.6 Å². The number of rotatable bonds is 6. The van der Waals surface area contributed by atoms with E-state index in [0.717, 1.165) is 18.9 Å². The van der Waals surface area contributed by atoms with Crippen molar-refractivity contribution in [3.8, 4) is 0 Å². The quantitative estimate of drug-likeness (QED) is 0.570. The van der Waals surface area contributed by atoms with Crippen LogP contribution in [0.1, 0.15) is 33.7 Å². The molecule has 1 aliphatic heterocycles. The Balaban J connectivity index is 1.21. The summed E-state index contributed by atoms with van der Waals surface area (Å²) in [4.78, 5) is 29.2. The predicted molar refractivity (Wildman–Crippen MR) is 116 cm³/mol. The Morgan fingerprint density at radius 3 is 2.84 bits per heavy atom. The first-order chi connectivity index (χ1) is 15.0. The Morgan fingerprint density at radius 2 is 2.13 bits per heavy atom. The van der Waals surface area contributed by atoms with E-state index in [1.807, 2.05) is 0 Å². The number of benzene rings is 1. The smallest absolute Gasteiger partial charge is 0.274 e. The topological polar surface area (TPSA) is 92.7 Å². The highest BCUT2D eigenvalue weighted by Crippen LogP contribution is 2.57. The number of fused-ring (bicyclic) bond motifs is 1. The van der Waals surface area contributed by atoms with Crippen molar-refractivity contribution >= 4 is 24.1 Å². The van der Waals surface area contributed by atoms with Crippen LogP contribution in [0.25, 0.3) is 0 Å². The Morgan fingerprint density at radius 1 is 1.35 bits per heavy atom. The fourth-order valence-corrected chi connectivity index (χ4v) is 4.65. The zero-order valence-corrected chi connectivity index (χ0v) is 17.9. The van der Waals surface area contributed by atoms with Crippen molar-refractivity contribution < 1.29 is 9.32 Å². The average molecular weight is 419 g/mol. The normalized spacial score (nSPS) is 21.8. The van der Waals surface area contributed by atoms with Crippen molar-refractivity contribution in [3.63, 3.8) is 0 Å². The minimum atomic E-state index is -0.223. The first-order valence-electron chi connectivity index (χ1n) is 10.3. The average Bonchev–Trinajstić information content (AvgIpc) is 3.18. The highest BCUT2D eigenvalue weighted by Gasteiger charge is 2.58. The third kappa shape index (κ3) is 3.39. The van der Waals surface area contributed by atoms with E-state index in [2.05, 4.69) is 62.9 Å². The summed E-state index contributed by atoms with van der Waals surface area (Å²) >= 11 is 0. The van der Waals surface area contributed by atoms with Crippen LogP contribution in [0, 0.1) is 18.8 Å². The molecule has 5 rings (SSSR count). The maximum absolute atomic E-state index is 12.8. The number of aryl methyl sites for hydroxylation is 2. The van der Waals surface area contributed by atoms with E-state index in [0.29, 0.717) is 35.2 Å². The second kappa shape index (κ2) is 7.33. The summed E-state index contributed by atoms with van der Waals surface area (Å²) in [6.45, 7) is 7.85. The van der Waals surface area contributed by atoms with Gasteiger partial charge in [0, 0.05) is 38.8 Å². The van der Waals surface area contributed by atoms with Gasteiger partial charge in [-0.05, 0) is 43.2 Å². The third-order valence-corrected chi connectivity index (χ3v) is 6.33. The predicted octanol–water partition coefficient (Wildman–Crippen LogP) is 2.57. The number of carbonyl (C=O) groups excluding carboxylic acids is 1. The third-order valence-electron chi connectivity index (χ3n) is 6.33. The van der Waals surface area contributed by atoms with Crippen molar-refractivity contribution in [1.29, 1.82) is 0 Å². The summed E-state index contributed by atoms with van der Waals surface area (Å²) < 4.78 is 7.09. The first kappa shape index (κ1) is 19.5. The van der Waals surface area contributed by atoms with Crippen LogP contribution in [0.15, 0.2) is 40.1 Å². The molecule has 3 aromatic rings. The van der Waals surface area contributed by atoms with Gasteiger partial charge in [0.2, 0.25) is 5.89 Å². The Hall–Kier alpha value is -3.49. The minimum absolute atomic E-state index is 0.223. The lowest BCUT2D eigenvalue weighted by Crippen LogP contribution is -2.28. The van der Waals surface area contributed by atoms with Crippen molar-refractivity contribution in [3.05, 3.63) is 53.6 Å². The minimum Gasteiger partial charge on any atom is -0.371 e. The van der Waals surface area contributed by atoms with Crippen LogP contribution >= 0.6 is 0 Å². The molecule has 1 aromatic carbocycles. The van der Waals surface area contributed by atoms with Crippen LogP contribution in [0.3, 0.4) is 0 Å². The van der Waals surface area contributed by atoms with Gasteiger partial charge in [-0.1, -0.05) is 17.3 Å². The van der Waals surface area contributed by atoms with E-state index >= 15 is 0 Å². The largest absolute Gasteiger partial charge is 0.371 e. The molecule has 1 amide bonds. The van der Waals surface area contributed by atoms with E-state index in [-0.39, 0.29) is 12.5 Å². The van der Waals surface area contributed by atoms with Gasteiger partial charge in [0.15, 0.2) is 17.3 Å². The van der Waals surface area contributed by atoms with E-state index in [1.54, 1.807) is 25.0 Å². The number of aliphatic imine (C=N–C) groups is 1. The molecule has 0 radical (unpaired) electrons. The number of piperidine rings is 1. The number of imidazole rings is 1. The molecule has 3 atom stereocenters.